The summed E-state index contributed by atoms with van der Waals surface area (Å²) < 4.78 is 0. The SMILES string of the molecule is O=C(Cc1c[nH]c2cc(Cl)ccc12)ON1C(=O)c2ccccc2C1=O. The highest BCUT2D eigenvalue weighted by molar-refractivity contribution is 6.31. The van der Waals surface area contributed by atoms with Gasteiger partial charge in [0.2, 0.25) is 0 Å². The van der Waals surface area contributed by atoms with E-state index in [9.17, 15) is 14.4 Å². The predicted octanol–water partition coefficient (Wildman–Crippen LogP) is 3.12. The van der Waals surface area contributed by atoms with Crippen LogP contribution in [-0.2, 0) is 16.1 Å². The summed E-state index contributed by atoms with van der Waals surface area (Å²) in [4.78, 5) is 44.7. The van der Waals surface area contributed by atoms with Crippen molar-refractivity contribution in [1.29, 1.82) is 0 Å². The minimum atomic E-state index is -0.703. The number of H-pyrrole nitrogens is 1. The lowest BCUT2D eigenvalue weighted by atomic mass is 10.1. The summed E-state index contributed by atoms with van der Waals surface area (Å²) >= 11 is 5.93. The molecule has 0 saturated carbocycles. The third-order valence-electron chi connectivity index (χ3n) is 4.01. The van der Waals surface area contributed by atoms with E-state index in [1.165, 1.54) is 12.1 Å². The van der Waals surface area contributed by atoms with Crippen molar-refractivity contribution in [1.82, 2.24) is 10.0 Å². The van der Waals surface area contributed by atoms with Gasteiger partial charge in [-0.25, -0.2) is 4.79 Å². The first kappa shape index (κ1) is 15.4. The van der Waals surface area contributed by atoms with Gasteiger partial charge in [-0.2, -0.15) is 0 Å². The second-order valence-corrected chi connectivity index (χ2v) is 6.03. The second-order valence-electron chi connectivity index (χ2n) is 5.59. The average Bonchev–Trinajstić information content (AvgIpc) is 3.09. The van der Waals surface area contributed by atoms with Gasteiger partial charge in [-0.05, 0) is 29.8 Å². The van der Waals surface area contributed by atoms with Crippen LogP contribution in [0.2, 0.25) is 5.02 Å². The number of rotatable bonds is 3. The number of carbonyl (C=O) groups excluding carboxylic acids is 3. The van der Waals surface area contributed by atoms with Crippen molar-refractivity contribution >= 4 is 40.3 Å². The zero-order valence-corrected chi connectivity index (χ0v) is 13.5. The van der Waals surface area contributed by atoms with Crippen LogP contribution in [0.4, 0.5) is 0 Å². The van der Waals surface area contributed by atoms with Crippen LogP contribution in [0.25, 0.3) is 10.9 Å². The highest BCUT2D eigenvalue weighted by Gasteiger charge is 2.38. The minimum absolute atomic E-state index is 0.0883. The van der Waals surface area contributed by atoms with Crippen LogP contribution in [0.3, 0.4) is 0 Å². The molecule has 0 fully saturated rings. The molecule has 0 radical (unpaired) electrons. The average molecular weight is 355 g/mol. The summed E-state index contributed by atoms with van der Waals surface area (Å²) in [7, 11) is 0. The van der Waals surface area contributed by atoms with Crippen LogP contribution >= 0.6 is 11.6 Å². The molecule has 1 aliphatic rings. The van der Waals surface area contributed by atoms with Gasteiger partial charge in [0.1, 0.15) is 0 Å². The highest BCUT2D eigenvalue weighted by atomic mass is 35.5. The van der Waals surface area contributed by atoms with E-state index in [1.54, 1.807) is 36.5 Å². The lowest BCUT2D eigenvalue weighted by Gasteiger charge is -2.12. The molecule has 0 spiro atoms. The van der Waals surface area contributed by atoms with E-state index in [0.717, 1.165) is 10.9 Å². The number of imide groups is 1. The van der Waals surface area contributed by atoms with Crippen LogP contribution in [0, 0.1) is 0 Å². The van der Waals surface area contributed by atoms with Crippen molar-refractivity contribution in [3.05, 3.63) is 70.4 Å². The van der Waals surface area contributed by atoms with E-state index in [0.29, 0.717) is 15.6 Å². The monoisotopic (exact) mass is 354 g/mol. The first-order valence-corrected chi connectivity index (χ1v) is 7.86. The van der Waals surface area contributed by atoms with E-state index in [-0.39, 0.29) is 17.5 Å². The summed E-state index contributed by atoms with van der Waals surface area (Å²) in [5.74, 6) is -1.98. The van der Waals surface area contributed by atoms with Crippen LogP contribution in [-0.4, -0.2) is 27.8 Å². The summed E-state index contributed by atoms with van der Waals surface area (Å²) in [5, 5.41) is 1.91. The van der Waals surface area contributed by atoms with Crippen LogP contribution in [0.5, 0.6) is 0 Å². The van der Waals surface area contributed by atoms with Crippen molar-refractivity contribution < 1.29 is 19.2 Å². The molecule has 3 aromatic rings. The molecule has 2 amide bonds. The van der Waals surface area contributed by atoms with Gasteiger partial charge < -0.3 is 9.82 Å². The summed E-state index contributed by atoms with van der Waals surface area (Å²) in [6.07, 6.45) is 1.58. The lowest BCUT2D eigenvalue weighted by Crippen LogP contribution is -2.33. The molecule has 7 heteroatoms. The maximum atomic E-state index is 12.2. The number of hydrogen-bond donors (Lipinski definition) is 1. The van der Waals surface area contributed by atoms with Gasteiger partial charge >= 0.3 is 5.97 Å². The number of aromatic nitrogens is 1. The number of fused-ring (bicyclic) bond motifs is 2. The molecule has 1 aliphatic heterocycles. The van der Waals surface area contributed by atoms with Crippen molar-refractivity contribution in [2.75, 3.05) is 0 Å². The summed E-state index contributed by atoms with van der Waals surface area (Å²) in [6, 6.07) is 11.6. The molecule has 6 nitrogen and oxygen atoms in total. The Hall–Kier alpha value is -3.12. The number of nitrogens with zero attached hydrogens (tertiary/aromatic N) is 1. The third kappa shape index (κ3) is 2.56. The first-order chi connectivity index (χ1) is 12.0. The van der Waals surface area contributed by atoms with E-state index >= 15 is 0 Å². The first-order valence-electron chi connectivity index (χ1n) is 7.49. The van der Waals surface area contributed by atoms with E-state index < -0.39 is 17.8 Å². The van der Waals surface area contributed by atoms with Crippen molar-refractivity contribution in [2.45, 2.75) is 6.42 Å². The highest BCUT2D eigenvalue weighted by Crippen LogP contribution is 2.25. The molecule has 0 unspecified atom stereocenters. The number of hydrogen-bond acceptors (Lipinski definition) is 4. The van der Waals surface area contributed by atoms with E-state index in [4.69, 9.17) is 16.4 Å². The fourth-order valence-electron chi connectivity index (χ4n) is 2.84. The lowest BCUT2D eigenvalue weighted by molar-refractivity contribution is -0.167. The van der Waals surface area contributed by atoms with Crippen molar-refractivity contribution in [2.24, 2.45) is 0 Å². The Kier molecular flexibility index (Phi) is 3.54. The quantitative estimate of drug-likeness (QED) is 0.733. The molecular weight excluding hydrogens is 344 g/mol. The molecule has 1 aromatic heterocycles. The fraction of sp³-hybridized carbons (Fsp3) is 0.0556. The molecule has 25 heavy (non-hydrogen) atoms. The van der Waals surface area contributed by atoms with Gasteiger partial charge in [0.25, 0.3) is 11.8 Å². The van der Waals surface area contributed by atoms with Crippen LogP contribution in [0.15, 0.2) is 48.7 Å². The standard InChI is InChI=1S/C18H11ClN2O4/c19-11-5-6-12-10(9-20-15(12)8-11)7-16(22)25-21-17(23)13-3-1-2-4-14(13)18(21)24/h1-6,8-9,20H,7H2. The van der Waals surface area contributed by atoms with Gasteiger partial charge in [0.05, 0.1) is 17.5 Å². The van der Waals surface area contributed by atoms with Crippen LogP contribution < -0.4 is 0 Å². The summed E-state index contributed by atoms with van der Waals surface area (Å²) in [5.41, 5.74) is 1.92. The molecule has 0 aliphatic carbocycles. The number of aromatic amines is 1. The molecule has 2 heterocycles. The zero-order chi connectivity index (χ0) is 17.6. The summed E-state index contributed by atoms with van der Waals surface area (Å²) in [6.45, 7) is 0. The molecule has 0 saturated heterocycles. The van der Waals surface area contributed by atoms with Gasteiger partial charge in [-0.15, -0.1) is 0 Å². The largest absolute Gasteiger partial charge is 0.361 e. The Balaban J connectivity index is 1.53. The molecule has 124 valence electrons. The topological polar surface area (TPSA) is 79.5 Å². The maximum absolute atomic E-state index is 12.2. The fourth-order valence-corrected chi connectivity index (χ4v) is 3.02. The maximum Gasteiger partial charge on any atom is 0.337 e. The number of amides is 2. The number of halogens is 1. The number of carbonyl (C=O) groups is 3. The molecule has 1 N–H and O–H groups in total. The number of hydroxylamine groups is 2. The Morgan fingerprint density at radius 3 is 2.44 bits per heavy atom. The van der Waals surface area contributed by atoms with Gasteiger partial charge in [-0.3, -0.25) is 9.59 Å². The van der Waals surface area contributed by atoms with Gasteiger partial charge in [0, 0.05) is 22.1 Å². The third-order valence-corrected chi connectivity index (χ3v) is 4.25. The Labute approximate surface area is 146 Å². The number of benzene rings is 2. The van der Waals surface area contributed by atoms with E-state index in [2.05, 4.69) is 4.98 Å². The molecule has 2 aromatic carbocycles. The Morgan fingerprint density at radius 2 is 1.76 bits per heavy atom. The van der Waals surface area contributed by atoms with Crippen molar-refractivity contribution in [3.8, 4) is 0 Å². The van der Waals surface area contributed by atoms with E-state index in [1.807, 2.05) is 0 Å². The van der Waals surface area contributed by atoms with Crippen molar-refractivity contribution in [3.63, 3.8) is 0 Å². The minimum Gasteiger partial charge on any atom is -0.361 e. The molecule has 0 atom stereocenters. The normalized spacial score (nSPS) is 13.4. The Bertz CT molecular complexity index is 1010. The molecule has 4 rings (SSSR count). The predicted molar refractivity (Wildman–Crippen MR) is 90.0 cm³/mol. The van der Waals surface area contributed by atoms with Gasteiger partial charge in [-0.1, -0.05) is 34.9 Å². The number of nitrogens with one attached hydrogen (secondary N) is 1. The van der Waals surface area contributed by atoms with Gasteiger partial charge in [0.15, 0.2) is 0 Å². The smallest absolute Gasteiger partial charge is 0.337 e. The second kappa shape index (κ2) is 5.75. The Morgan fingerprint density at radius 1 is 1.08 bits per heavy atom. The van der Waals surface area contributed by atoms with Crippen LogP contribution in [0.1, 0.15) is 26.3 Å². The molecular formula is C18H11ClN2O4. The zero-order valence-electron chi connectivity index (χ0n) is 12.8. The molecule has 0 bridgehead atoms.